The minimum absolute atomic E-state index is 0.0201. The van der Waals surface area contributed by atoms with Crippen molar-refractivity contribution in [3.8, 4) is 0 Å². The van der Waals surface area contributed by atoms with Crippen molar-refractivity contribution >= 4 is 34.9 Å². The fourth-order valence-electron chi connectivity index (χ4n) is 2.00. The van der Waals surface area contributed by atoms with Crippen LogP contribution in [0.25, 0.3) is 0 Å². The molecule has 0 bridgehead atoms. The van der Waals surface area contributed by atoms with Gasteiger partial charge < -0.3 is 21.3 Å². The van der Waals surface area contributed by atoms with Crippen molar-refractivity contribution in [1.29, 1.82) is 0 Å². The van der Waals surface area contributed by atoms with E-state index < -0.39 is 24.0 Å². The molecule has 20 heavy (non-hydrogen) atoms. The average molecular weight is 303 g/mol. The number of carbonyl (C=O) groups excluding carboxylic acids is 1. The summed E-state index contributed by atoms with van der Waals surface area (Å²) in [6.07, 6.45) is 0.487. The number of hydrogen-bond donors (Lipinski definition) is 4. The quantitative estimate of drug-likeness (QED) is 0.429. The fourth-order valence-corrected chi connectivity index (χ4v) is 2.14. The van der Waals surface area contributed by atoms with Gasteiger partial charge in [0.15, 0.2) is 0 Å². The van der Waals surface area contributed by atoms with Crippen molar-refractivity contribution in [2.24, 2.45) is 5.73 Å². The zero-order chi connectivity index (χ0) is 15.3. The molecule has 0 saturated carbocycles. The first-order valence-corrected chi connectivity index (χ1v) is 6.45. The smallest absolute Gasteiger partial charge is 0.322 e. The van der Waals surface area contributed by atoms with E-state index in [4.69, 9.17) is 28.2 Å². The third-order valence-corrected chi connectivity index (χ3v) is 3.43. The van der Waals surface area contributed by atoms with E-state index in [0.717, 1.165) is 0 Å². The summed E-state index contributed by atoms with van der Waals surface area (Å²) in [7, 11) is 0. The Kier molecular flexibility index (Phi) is 5.99. The standard InChI is InChI=1S/C11H17N3O5S/c12-7(10(20)13-3-9(16)17)5-14-4-6(15)1-2-8(14)11(18)19/h7-8H,1-5,12H2,(H,13,20)(H,16,17)(H,18,19)/t7-,8-/m0/s1. The van der Waals surface area contributed by atoms with Crippen molar-refractivity contribution < 1.29 is 24.6 Å². The number of nitrogens with one attached hydrogen (secondary N) is 1. The molecule has 1 rings (SSSR count). The molecule has 0 amide bonds. The van der Waals surface area contributed by atoms with Crippen molar-refractivity contribution in [3.63, 3.8) is 0 Å². The molecule has 1 fully saturated rings. The molecule has 5 N–H and O–H groups in total. The number of nitrogens with zero attached hydrogens (tertiary/aromatic N) is 1. The largest absolute Gasteiger partial charge is 0.480 e. The molecule has 0 aromatic heterocycles. The summed E-state index contributed by atoms with van der Waals surface area (Å²) in [6.45, 7) is -0.242. The first-order valence-electron chi connectivity index (χ1n) is 6.05. The summed E-state index contributed by atoms with van der Waals surface area (Å²) in [5.74, 6) is -2.12. The lowest BCUT2D eigenvalue weighted by Gasteiger charge is -2.33. The topological polar surface area (TPSA) is 133 Å². The minimum Gasteiger partial charge on any atom is -0.480 e. The van der Waals surface area contributed by atoms with Crippen LogP contribution in [0.15, 0.2) is 0 Å². The second-order valence-electron chi connectivity index (χ2n) is 4.58. The van der Waals surface area contributed by atoms with Gasteiger partial charge in [0, 0.05) is 13.0 Å². The Balaban J connectivity index is 2.58. The Hall–Kier alpha value is -1.58. The Morgan fingerprint density at radius 2 is 2.15 bits per heavy atom. The normalized spacial score (nSPS) is 21.2. The number of Topliss-reactive ketones (excluding diaryl/α,β-unsaturated/α-hetero) is 1. The number of hydrogen-bond acceptors (Lipinski definition) is 6. The van der Waals surface area contributed by atoms with Gasteiger partial charge in [0.1, 0.15) is 18.4 Å². The first kappa shape index (κ1) is 16.5. The molecule has 0 aromatic rings. The second kappa shape index (κ2) is 7.27. The molecule has 1 aliphatic heterocycles. The van der Waals surface area contributed by atoms with Crippen LogP contribution in [0, 0.1) is 0 Å². The molecule has 1 heterocycles. The predicted molar refractivity (Wildman–Crippen MR) is 73.4 cm³/mol. The Morgan fingerprint density at radius 1 is 1.50 bits per heavy atom. The summed E-state index contributed by atoms with van der Waals surface area (Å²) >= 11 is 4.94. The summed E-state index contributed by atoms with van der Waals surface area (Å²) in [5.41, 5.74) is 5.80. The number of ketones is 1. The Morgan fingerprint density at radius 3 is 2.70 bits per heavy atom. The molecule has 8 nitrogen and oxygen atoms in total. The highest BCUT2D eigenvalue weighted by Gasteiger charge is 2.33. The molecule has 2 atom stereocenters. The maximum atomic E-state index is 11.4. The van der Waals surface area contributed by atoms with Crippen molar-refractivity contribution in [2.75, 3.05) is 19.6 Å². The molecular weight excluding hydrogens is 286 g/mol. The van der Waals surface area contributed by atoms with Gasteiger partial charge in [0.25, 0.3) is 0 Å². The highest BCUT2D eigenvalue weighted by Crippen LogP contribution is 2.15. The number of aliphatic carboxylic acids is 2. The highest BCUT2D eigenvalue weighted by atomic mass is 32.1. The molecule has 0 radical (unpaired) electrons. The summed E-state index contributed by atoms with van der Waals surface area (Å²) in [5, 5.41) is 20.1. The van der Waals surface area contributed by atoms with E-state index in [2.05, 4.69) is 5.32 Å². The second-order valence-corrected chi connectivity index (χ2v) is 5.02. The molecular formula is C11H17N3O5S. The van der Waals surface area contributed by atoms with Gasteiger partial charge in [-0.25, -0.2) is 0 Å². The number of thiocarbonyl (C=S) groups is 1. The van der Waals surface area contributed by atoms with Gasteiger partial charge in [-0.2, -0.15) is 0 Å². The number of carbonyl (C=O) groups is 3. The number of likely N-dealkylation sites (tertiary alicyclic amines) is 1. The van der Waals surface area contributed by atoms with Gasteiger partial charge in [-0.3, -0.25) is 19.3 Å². The zero-order valence-electron chi connectivity index (χ0n) is 10.7. The SMILES string of the molecule is N[C@@H](CN1CC(=O)CC[C@H]1C(=O)O)C(=S)NCC(=O)O. The van der Waals surface area contributed by atoms with Crippen LogP contribution < -0.4 is 11.1 Å². The van der Waals surface area contributed by atoms with Gasteiger partial charge in [-0.15, -0.1) is 0 Å². The molecule has 0 unspecified atom stereocenters. The number of carboxylic acid groups (broad SMARTS) is 2. The number of piperidine rings is 1. The molecule has 0 aliphatic carbocycles. The van der Waals surface area contributed by atoms with Gasteiger partial charge in [0.2, 0.25) is 0 Å². The zero-order valence-corrected chi connectivity index (χ0v) is 11.6. The van der Waals surface area contributed by atoms with Gasteiger partial charge in [-0.05, 0) is 6.42 Å². The van der Waals surface area contributed by atoms with E-state index in [1.54, 1.807) is 0 Å². The predicted octanol–water partition coefficient (Wildman–Crippen LogP) is -1.57. The molecule has 1 aliphatic rings. The van der Waals surface area contributed by atoms with E-state index in [1.165, 1.54) is 4.90 Å². The monoisotopic (exact) mass is 303 g/mol. The lowest BCUT2D eigenvalue weighted by Crippen LogP contribution is -2.55. The Bertz CT molecular complexity index is 428. The van der Waals surface area contributed by atoms with Crippen LogP contribution in [0.3, 0.4) is 0 Å². The molecule has 9 heteroatoms. The molecule has 0 spiro atoms. The van der Waals surface area contributed by atoms with E-state index >= 15 is 0 Å². The van der Waals surface area contributed by atoms with Crippen LogP contribution in [0.2, 0.25) is 0 Å². The number of carboxylic acids is 2. The van der Waals surface area contributed by atoms with Crippen molar-refractivity contribution in [3.05, 3.63) is 0 Å². The average Bonchev–Trinajstić information content (AvgIpc) is 2.35. The molecule has 112 valence electrons. The van der Waals surface area contributed by atoms with Crippen molar-refractivity contribution in [1.82, 2.24) is 10.2 Å². The maximum absolute atomic E-state index is 11.4. The number of rotatable bonds is 6. The summed E-state index contributed by atoms with van der Waals surface area (Å²) in [4.78, 5) is 34.5. The summed E-state index contributed by atoms with van der Waals surface area (Å²) < 4.78 is 0. The Labute approximate surface area is 120 Å². The number of nitrogens with two attached hydrogens (primary N) is 1. The molecule has 0 aromatic carbocycles. The van der Waals surface area contributed by atoms with Gasteiger partial charge in [-0.1, -0.05) is 12.2 Å². The lowest BCUT2D eigenvalue weighted by atomic mass is 10.0. The van der Waals surface area contributed by atoms with Crippen LogP contribution in [0.1, 0.15) is 12.8 Å². The van der Waals surface area contributed by atoms with Crippen molar-refractivity contribution in [2.45, 2.75) is 24.9 Å². The van der Waals surface area contributed by atoms with Gasteiger partial charge >= 0.3 is 11.9 Å². The molecule has 1 saturated heterocycles. The lowest BCUT2D eigenvalue weighted by molar-refractivity contribution is -0.146. The third-order valence-electron chi connectivity index (χ3n) is 2.98. The maximum Gasteiger partial charge on any atom is 0.322 e. The van der Waals surface area contributed by atoms with E-state index in [0.29, 0.717) is 0 Å². The van der Waals surface area contributed by atoms with Crippen LogP contribution in [-0.4, -0.2) is 69.5 Å². The highest BCUT2D eigenvalue weighted by molar-refractivity contribution is 7.80. The first-order chi connectivity index (χ1) is 9.31. The van der Waals surface area contributed by atoms with Crippen LogP contribution >= 0.6 is 12.2 Å². The fraction of sp³-hybridized carbons (Fsp3) is 0.636. The third kappa shape index (κ3) is 4.83. The van der Waals surface area contributed by atoms with E-state index in [1.807, 2.05) is 0 Å². The minimum atomic E-state index is -1.07. The van der Waals surface area contributed by atoms with Crippen LogP contribution in [0.4, 0.5) is 0 Å². The van der Waals surface area contributed by atoms with Crippen LogP contribution in [0.5, 0.6) is 0 Å². The van der Waals surface area contributed by atoms with E-state index in [9.17, 15) is 14.4 Å². The van der Waals surface area contributed by atoms with Crippen LogP contribution in [-0.2, 0) is 14.4 Å². The van der Waals surface area contributed by atoms with Gasteiger partial charge in [0.05, 0.1) is 17.6 Å². The van der Waals surface area contributed by atoms with E-state index in [-0.39, 0.29) is 43.2 Å². The summed E-state index contributed by atoms with van der Waals surface area (Å²) in [6, 6.07) is -1.49.